The van der Waals surface area contributed by atoms with Crippen molar-refractivity contribution < 1.29 is 9.59 Å². The predicted molar refractivity (Wildman–Crippen MR) is 197 cm³/mol. The fourth-order valence-corrected chi connectivity index (χ4v) is 7.10. The molecule has 0 saturated carbocycles. The highest BCUT2D eigenvalue weighted by Crippen LogP contribution is 2.33. The Morgan fingerprint density at radius 3 is 0.909 bits per heavy atom. The molecule has 0 fully saturated rings. The number of thioether (sulfide) groups is 4. The van der Waals surface area contributed by atoms with Gasteiger partial charge < -0.3 is 0 Å². The third-order valence-corrected chi connectivity index (χ3v) is 10.9. The second-order valence-corrected chi connectivity index (χ2v) is 15.5. The standard InChI is InChI=1S/C20H18O2S3.C16H14S3/c1-13(2)19(21)24-17-9-5-15(6-10-17)23-16-7-11-18(12-8-16)25-20(22)14(3)4;1-3-17-13-5-9-15(10-6-13)19-16-11-7-14(8-12-16)18-4-2/h5-12H,1,3H2,2,4H3;3-12H,1-2H2. The lowest BCUT2D eigenvalue weighted by Crippen LogP contribution is -1.90. The summed E-state index contributed by atoms with van der Waals surface area (Å²) in [4.78, 5) is 32.3. The molecule has 224 valence electrons. The number of carbonyl (C=O) groups excluding carboxylic acids is 2. The first-order valence-electron chi connectivity index (χ1n) is 13.2. The van der Waals surface area contributed by atoms with E-state index in [1.165, 1.54) is 43.1 Å². The first-order chi connectivity index (χ1) is 21.2. The minimum absolute atomic E-state index is 0.0159. The van der Waals surface area contributed by atoms with Gasteiger partial charge in [0.05, 0.1) is 0 Å². The van der Waals surface area contributed by atoms with E-state index >= 15 is 0 Å². The van der Waals surface area contributed by atoms with Gasteiger partial charge in [-0.05, 0) is 156 Å². The summed E-state index contributed by atoms with van der Waals surface area (Å²) in [5, 5.41) is 3.66. The van der Waals surface area contributed by atoms with Crippen molar-refractivity contribution in [3.63, 3.8) is 0 Å². The summed E-state index contributed by atoms with van der Waals surface area (Å²) in [5.41, 5.74) is 1.10. The van der Waals surface area contributed by atoms with E-state index < -0.39 is 0 Å². The average molecular weight is 689 g/mol. The molecule has 44 heavy (non-hydrogen) atoms. The smallest absolute Gasteiger partial charge is 0.219 e. The Labute approximate surface area is 286 Å². The third kappa shape index (κ3) is 12.7. The third-order valence-electron chi connectivity index (χ3n) is 5.32. The zero-order valence-electron chi connectivity index (χ0n) is 24.5. The van der Waals surface area contributed by atoms with Crippen LogP contribution in [-0.4, -0.2) is 10.2 Å². The van der Waals surface area contributed by atoms with Crippen LogP contribution in [0.4, 0.5) is 0 Å². The van der Waals surface area contributed by atoms with Crippen molar-refractivity contribution in [1.82, 2.24) is 0 Å². The molecule has 0 bridgehead atoms. The highest BCUT2D eigenvalue weighted by Gasteiger charge is 2.07. The average Bonchev–Trinajstić information content (AvgIpc) is 3.01. The SMILES string of the molecule is C=C(C)C(=O)Sc1ccc(Sc2ccc(SC(=O)C(=C)C)cc2)cc1.C=CSc1ccc(Sc2ccc(SC=C)cc2)cc1. The van der Waals surface area contributed by atoms with Gasteiger partial charge in [-0.25, -0.2) is 0 Å². The molecule has 0 aliphatic rings. The van der Waals surface area contributed by atoms with Crippen LogP contribution >= 0.6 is 70.6 Å². The van der Waals surface area contributed by atoms with Crippen LogP contribution in [0.5, 0.6) is 0 Å². The van der Waals surface area contributed by atoms with E-state index in [1.807, 2.05) is 59.3 Å². The van der Waals surface area contributed by atoms with Crippen LogP contribution in [0.25, 0.3) is 0 Å². The minimum atomic E-state index is -0.0159. The van der Waals surface area contributed by atoms with Crippen molar-refractivity contribution in [3.8, 4) is 0 Å². The molecule has 0 radical (unpaired) electrons. The molecule has 0 spiro atoms. The molecule has 8 heteroatoms. The van der Waals surface area contributed by atoms with Gasteiger partial charge in [-0.15, -0.1) is 0 Å². The summed E-state index contributed by atoms with van der Waals surface area (Å²) in [6.07, 6.45) is 0. The van der Waals surface area contributed by atoms with Gasteiger partial charge in [0.15, 0.2) is 0 Å². The van der Waals surface area contributed by atoms with Crippen molar-refractivity contribution in [2.45, 2.75) is 53.0 Å². The maximum atomic E-state index is 11.7. The van der Waals surface area contributed by atoms with E-state index in [-0.39, 0.29) is 10.2 Å². The van der Waals surface area contributed by atoms with Crippen LogP contribution in [0.3, 0.4) is 0 Å². The van der Waals surface area contributed by atoms with Crippen molar-refractivity contribution in [3.05, 3.63) is 145 Å². The van der Waals surface area contributed by atoms with Crippen molar-refractivity contribution >= 4 is 80.8 Å². The molecular formula is C36H32O2S6. The lowest BCUT2D eigenvalue weighted by Gasteiger charge is -2.05. The van der Waals surface area contributed by atoms with E-state index in [4.69, 9.17) is 0 Å². The van der Waals surface area contributed by atoms with Gasteiger partial charge in [-0.2, -0.15) is 0 Å². The van der Waals surface area contributed by atoms with E-state index in [0.29, 0.717) is 11.1 Å². The van der Waals surface area contributed by atoms with Gasteiger partial charge in [0, 0.05) is 39.2 Å². The van der Waals surface area contributed by atoms with Crippen LogP contribution < -0.4 is 0 Å². The van der Waals surface area contributed by atoms with E-state index in [1.54, 1.807) is 60.9 Å². The molecule has 0 aliphatic carbocycles. The lowest BCUT2D eigenvalue weighted by molar-refractivity contribution is -0.108. The second-order valence-electron chi connectivity index (χ2n) is 9.00. The topological polar surface area (TPSA) is 34.1 Å². The highest BCUT2D eigenvalue weighted by molar-refractivity contribution is 8.14. The molecule has 0 saturated heterocycles. The molecule has 0 unspecified atom stereocenters. The Bertz CT molecular complexity index is 1470. The van der Waals surface area contributed by atoms with Crippen molar-refractivity contribution in [2.24, 2.45) is 0 Å². The molecule has 0 aliphatic heterocycles. The molecule has 4 aromatic carbocycles. The Balaban J connectivity index is 0.000000249. The first kappa shape index (κ1) is 35.8. The number of rotatable bonds is 12. The molecule has 2 nitrogen and oxygen atoms in total. The lowest BCUT2D eigenvalue weighted by atomic mass is 10.4. The number of carbonyl (C=O) groups is 2. The Morgan fingerprint density at radius 1 is 0.455 bits per heavy atom. The van der Waals surface area contributed by atoms with Gasteiger partial charge in [0.25, 0.3) is 0 Å². The minimum Gasteiger partial charge on any atom is -0.282 e. The van der Waals surface area contributed by atoms with Crippen molar-refractivity contribution in [1.29, 1.82) is 0 Å². The summed E-state index contributed by atoms with van der Waals surface area (Å²) in [6.45, 7) is 18.2. The van der Waals surface area contributed by atoms with Gasteiger partial charge in [-0.1, -0.05) is 73.4 Å². The van der Waals surface area contributed by atoms with Crippen LogP contribution in [-0.2, 0) is 9.59 Å². The highest BCUT2D eigenvalue weighted by atomic mass is 32.2. The summed E-state index contributed by atoms with van der Waals surface area (Å²) in [7, 11) is 0. The van der Waals surface area contributed by atoms with E-state index in [2.05, 4.69) is 74.8 Å². The molecular weight excluding hydrogens is 657 g/mol. The fraction of sp³-hybridized carbons (Fsp3) is 0.0556. The number of hydrogen-bond acceptors (Lipinski definition) is 8. The second kappa shape index (κ2) is 18.9. The Morgan fingerprint density at radius 2 is 0.682 bits per heavy atom. The van der Waals surface area contributed by atoms with Crippen LogP contribution in [0.2, 0.25) is 0 Å². The quantitative estimate of drug-likeness (QED) is 0.107. The van der Waals surface area contributed by atoms with Crippen LogP contribution in [0.15, 0.2) is 185 Å². The van der Waals surface area contributed by atoms with Crippen molar-refractivity contribution in [2.75, 3.05) is 0 Å². The first-order valence-corrected chi connectivity index (χ1v) is 18.3. The molecule has 0 N–H and O–H groups in total. The van der Waals surface area contributed by atoms with Crippen LogP contribution in [0.1, 0.15) is 13.8 Å². The molecule has 0 amide bonds. The zero-order chi connectivity index (χ0) is 31.9. The molecule has 4 rings (SSSR count). The Hall–Kier alpha value is -2.72. The predicted octanol–water partition coefficient (Wildman–Crippen LogP) is 12.5. The molecule has 0 atom stereocenters. The Kier molecular flexibility index (Phi) is 15.4. The summed E-state index contributed by atoms with van der Waals surface area (Å²) in [6, 6.07) is 32.8. The van der Waals surface area contributed by atoms with E-state index in [9.17, 15) is 9.59 Å². The van der Waals surface area contributed by atoms with E-state index in [0.717, 1.165) is 19.6 Å². The van der Waals surface area contributed by atoms with Gasteiger partial charge in [-0.3, -0.25) is 9.59 Å². The van der Waals surface area contributed by atoms with Gasteiger partial charge >= 0.3 is 0 Å². The molecule has 4 aromatic rings. The molecule has 0 aromatic heterocycles. The summed E-state index contributed by atoms with van der Waals surface area (Å²) in [5.74, 6) is 0. The fourth-order valence-electron chi connectivity index (χ4n) is 3.18. The number of hydrogen-bond donors (Lipinski definition) is 0. The summed E-state index contributed by atoms with van der Waals surface area (Å²) >= 11 is 9.06. The maximum Gasteiger partial charge on any atom is 0.219 e. The van der Waals surface area contributed by atoms with Gasteiger partial charge in [0.2, 0.25) is 10.2 Å². The van der Waals surface area contributed by atoms with Crippen LogP contribution in [0, 0.1) is 0 Å². The van der Waals surface area contributed by atoms with Gasteiger partial charge in [0.1, 0.15) is 0 Å². The summed E-state index contributed by atoms with van der Waals surface area (Å²) < 4.78 is 0. The maximum absolute atomic E-state index is 11.7. The largest absolute Gasteiger partial charge is 0.282 e. The number of benzene rings is 4. The molecule has 0 heterocycles. The normalized spacial score (nSPS) is 10.2. The zero-order valence-corrected chi connectivity index (χ0v) is 29.4. The monoisotopic (exact) mass is 688 g/mol.